The molecule has 0 amide bonds. The molecule has 23 heavy (non-hydrogen) atoms. The summed E-state index contributed by atoms with van der Waals surface area (Å²) in [4.78, 5) is 13.5. The Balaban J connectivity index is 0.00000132. The molecule has 130 valence electrons. The SMILES string of the molecule is Cl.Cl.O=C(O)c1ccc(CC2CCN(C3CCNCC3)C2)cc1. The second kappa shape index (κ2) is 9.48. The molecule has 2 aliphatic rings. The normalized spacial score (nSPS) is 22.2. The van der Waals surface area contributed by atoms with E-state index in [1.165, 1.54) is 37.9 Å². The predicted molar refractivity (Wildman–Crippen MR) is 97.2 cm³/mol. The zero-order chi connectivity index (χ0) is 14.7. The highest BCUT2D eigenvalue weighted by Gasteiger charge is 2.28. The second-order valence-corrected chi connectivity index (χ2v) is 6.34. The van der Waals surface area contributed by atoms with Crippen molar-refractivity contribution < 1.29 is 9.90 Å². The van der Waals surface area contributed by atoms with Gasteiger partial charge in [0.15, 0.2) is 0 Å². The number of hydrogen-bond acceptors (Lipinski definition) is 3. The first kappa shape index (κ1) is 20.2. The third kappa shape index (κ3) is 5.35. The number of carboxylic acid groups (broad SMARTS) is 1. The Morgan fingerprint density at radius 2 is 1.78 bits per heavy atom. The maximum absolute atomic E-state index is 10.9. The quantitative estimate of drug-likeness (QED) is 0.866. The van der Waals surface area contributed by atoms with E-state index in [4.69, 9.17) is 5.11 Å². The number of carbonyl (C=O) groups is 1. The Morgan fingerprint density at radius 3 is 2.39 bits per heavy atom. The second-order valence-electron chi connectivity index (χ2n) is 6.34. The van der Waals surface area contributed by atoms with Crippen molar-refractivity contribution in [3.8, 4) is 0 Å². The van der Waals surface area contributed by atoms with Crippen molar-refractivity contribution in [2.45, 2.75) is 31.7 Å². The standard InChI is InChI=1S/C17H24N2O2.2ClH/c20-17(21)15-3-1-13(2-4-15)11-14-7-10-19(12-14)16-5-8-18-9-6-16;;/h1-4,14,16,18H,5-12H2,(H,20,21);2*1H. The van der Waals surface area contributed by atoms with Crippen molar-refractivity contribution >= 4 is 30.8 Å². The molecule has 1 unspecified atom stereocenters. The molecule has 4 nitrogen and oxygen atoms in total. The summed E-state index contributed by atoms with van der Waals surface area (Å²) in [5, 5.41) is 12.4. The number of benzene rings is 1. The maximum atomic E-state index is 10.9. The van der Waals surface area contributed by atoms with Crippen LogP contribution in [0.25, 0.3) is 0 Å². The first-order valence-electron chi connectivity index (χ1n) is 7.99. The van der Waals surface area contributed by atoms with E-state index in [0.29, 0.717) is 5.56 Å². The minimum atomic E-state index is -0.848. The fourth-order valence-corrected chi connectivity index (χ4v) is 3.65. The van der Waals surface area contributed by atoms with Crippen LogP contribution in [0, 0.1) is 5.92 Å². The summed E-state index contributed by atoms with van der Waals surface area (Å²) in [6, 6.07) is 8.15. The molecule has 0 saturated carbocycles. The van der Waals surface area contributed by atoms with Gasteiger partial charge >= 0.3 is 5.97 Å². The minimum Gasteiger partial charge on any atom is -0.478 e. The summed E-state index contributed by atoms with van der Waals surface area (Å²) >= 11 is 0. The molecule has 2 fully saturated rings. The number of halogens is 2. The van der Waals surface area contributed by atoms with Gasteiger partial charge in [0, 0.05) is 12.6 Å². The topological polar surface area (TPSA) is 52.6 Å². The predicted octanol–water partition coefficient (Wildman–Crippen LogP) is 2.84. The number of piperidine rings is 1. The van der Waals surface area contributed by atoms with Crippen molar-refractivity contribution in [3.63, 3.8) is 0 Å². The Hall–Kier alpha value is -0.810. The third-order valence-electron chi connectivity index (χ3n) is 4.87. The van der Waals surface area contributed by atoms with Crippen LogP contribution in [0.4, 0.5) is 0 Å². The Labute approximate surface area is 150 Å². The molecule has 0 radical (unpaired) electrons. The number of nitrogens with zero attached hydrogens (tertiary/aromatic N) is 1. The molecule has 1 aromatic rings. The van der Waals surface area contributed by atoms with E-state index >= 15 is 0 Å². The van der Waals surface area contributed by atoms with Gasteiger partial charge in [0.05, 0.1) is 5.56 Å². The lowest BCUT2D eigenvalue weighted by atomic mass is 9.97. The van der Waals surface area contributed by atoms with Gasteiger partial charge in [-0.05, 0) is 68.9 Å². The van der Waals surface area contributed by atoms with Crippen LogP contribution in [0.1, 0.15) is 35.2 Å². The van der Waals surface area contributed by atoms with Crippen molar-refractivity contribution in [2.24, 2.45) is 5.92 Å². The Kier molecular flexibility index (Phi) is 8.34. The van der Waals surface area contributed by atoms with E-state index < -0.39 is 5.97 Å². The van der Waals surface area contributed by atoms with Crippen molar-refractivity contribution in [2.75, 3.05) is 26.2 Å². The van der Waals surface area contributed by atoms with E-state index in [1.54, 1.807) is 12.1 Å². The average Bonchev–Trinajstić information content (AvgIpc) is 2.97. The van der Waals surface area contributed by atoms with Gasteiger partial charge in [0.25, 0.3) is 0 Å². The molecule has 1 aromatic carbocycles. The van der Waals surface area contributed by atoms with E-state index in [0.717, 1.165) is 31.5 Å². The van der Waals surface area contributed by atoms with Crippen LogP contribution in [0.5, 0.6) is 0 Å². The molecular weight excluding hydrogens is 335 g/mol. The molecular formula is C17H26Cl2N2O2. The summed E-state index contributed by atoms with van der Waals surface area (Å²) < 4.78 is 0. The van der Waals surface area contributed by atoms with Crippen molar-refractivity contribution in [1.29, 1.82) is 0 Å². The molecule has 2 aliphatic heterocycles. The van der Waals surface area contributed by atoms with Gasteiger partial charge in [-0.25, -0.2) is 4.79 Å². The van der Waals surface area contributed by atoms with Gasteiger partial charge in [-0.15, -0.1) is 24.8 Å². The van der Waals surface area contributed by atoms with Crippen LogP contribution in [0.2, 0.25) is 0 Å². The van der Waals surface area contributed by atoms with Crippen LogP contribution >= 0.6 is 24.8 Å². The number of hydrogen-bond donors (Lipinski definition) is 2. The van der Waals surface area contributed by atoms with E-state index in [-0.39, 0.29) is 24.8 Å². The zero-order valence-corrected chi connectivity index (χ0v) is 14.9. The molecule has 2 heterocycles. The molecule has 3 rings (SSSR count). The van der Waals surface area contributed by atoms with E-state index in [9.17, 15) is 4.79 Å². The molecule has 0 spiro atoms. The summed E-state index contributed by atoms with van der Waals surface area (Å²) in [5.74, 6) is -0.130. The first-order valence-corrected chi connectivity index (χ1v) is 7.99. The summed E-state index contributed by atoms with van der Waals surface area (Å²) in [5.41, 5.74) is 1.64. The van der Waals surface area contributed by atoms with Gasteiger partial charge in [-0.1, -0.05) is 12.1 Å². The third-order valence-corrected chi connectivity index (χ3v) is 4.87. The average molecular weight is 361 g/mol. The van der Waals surface area contributed by atoms with Crippen LogP contribution in [0.3, 0.4) is 0 Å². The lowest BCUT2D eigenvalue weighted by molar-refractivity contribution is 0.0697. The molecule has 0 bridgehead atoms. The lowest BCUT2D eigenvalue weighted by Crippen LogP contribution is -2.42. The Morgan fingerprint density at radius 1 is 1.13 bits per heavy atom. The van der Waals surface area contributed by atoms with Crippen LogP contribution < -0.4 is 5.32 Å². The molecule has 1 atom stereocenters. The van der Waals surface area contributed by atoms with E-state index in [1.807, 2.05) is 12.1 Å². The molecule has 0 aromatic heterocycles. The molecule has 6 heteroatoms. The van der Waals surface area contributed by atoms with Gasteiger partial charge < -0.3 is 10.4 Å². The highest BCUT2D eigenvalue weighted by molar-refractivity contribution is 5.87. The van der Waals surface area contributed by atoms with Gasteiger partial charge in [-0.2, -0.15) is 0 Å². The number of likely N-dealkylation sites (tertiary alicyclic amines) is 1. The summed E-state index contributed by atoms with van der Waals surface area (Å²) in [6.07, 6.45) is 4.89. The van der Waals surface area contributed by atoms with Crippen LogP contribution in [0.15, 0.2) is 24.3 Å². The minimum absolute atomic E-state index is 0. The van der Waals surface area contributed by atoms with Gasteiger partial charge in [0.2, 0.25) is 0 Å². The monoisotopic (exact) mass is 360 g/mol. The number of nitrogens with one attached hydrogen (secondary N) is 1. The number of aromatic carboxylic acids is 1. The lowest BCUT2D eigenvalue weighted by Gasteiger charge is -2.31. The highest BCUT2D eigenvalue weighted by Crippen LogP contribution is 2.25. The van der Waals surface area contributed by atoms with Crippen molar-refractivity contribution in [1.82, 2.24) is 10.2 Å². The molecule has 2 saturated heterocycles. The summed E-state index contributed by atoms with van der Waals surface area (Å²) in [7, 11) is 0. The van der Waals surface area contributed by atoms with Crippen LogP contribution in [-0.4, -0.2) is 48.2 Å². The number of carboxylic acids is 1. The van der Waals surface area contributed by atoms with Crippen molar-refractivity contribution in [3.05, 3.63) is 35.4 Å². The maximum Gasteiger partial charge on any atom is 0.335 e. The smallest absolute Gasteiger partial charge is 0.335 e. The summed E-state index contributed by atoms with van der Waals surface area (Å²) in [6.45, 7) is 4.73. The highest BCUT2D eigenvalue weighted by atomic mass is 35.5. The molecule has 0 aliphatic carbocycles. The van der Waals surface area contributed by atoms with Gasteiger partial charge in [0.1, 0.15) is 0 Å². The van der Waals surface area contributed by atoms with E-state index in [2.05, 4.69) is 10.2 Å². The van der Waals surface area contributed by atoms with Crippen LogP contribution in [-0.2, 0) is 6.42 Å². The largest absolute Gasteiger partial charge is 0.478 e. The molecule has 2 N–H and O–H groups in total. The first-order chi connectivity index (χ1) is 10.2. The van der Waals surface area contributed by atoms with Gasteiger partial charge in [-0.3, -0.25) is 4.90 Å². The zero-order valence-electron chi connectivity index (χ0n) is 13.2. The Bertz CT molecular complexity index is 490. The fourth-order valence-electron chi connectivity index (χ4n) is 3.65. The number of rotatable bonds is 4. The fraction of sp³-hybridized carbons (Fsp3) is 0.588.